The summed E-state index contributed by atoms with van der Waals surface area (Å²) >= 11 is 0. The highest BCUT2D eigenvalue weighted by Crippen LogP contribution is 2.24. The second kappa shape index (κ2) is 8.31. The zero-order valence-corrected chi connectivity index (χ0v) is 15.7. The molecule has 6 nitrogen and oxygen atoms in total. The number of pyridine rings is 1. The summed E-state index contributed by atoms with van der Waals surface area (Å²) in [4.78, 5) is 17.3. The van der Waals surface area contributed by atoms with Crippen molar-refractivity contribution in [1.82, 2.24) is 19.9 Å². The quantitative estimate of drug-likeness (QED) is 0.676. The molecule has 0 bridgehead atoms. The lowest BCUT2D eigenvalue weighted by molar-refractivity contribution is 0.180. The highest BCUT2D eigenvalue weighted by Gasteiger charge is 2.24. The van der Waals surface area contributed by atoms with Crippen molar-refractivity contribution in [3.63, 3.8) is 0 Å². The van der Waals surface area contributed by atoms with Crippen LogP contribution in [0.1, 0.15) is 12.5 Å². The minimum Gasteiger partial charge on any atom is -0.439 e. The first-order chi connectivity index (χ1) is 13.7. The maximum atomic E-state index is 13.3. The van der Waals surface area contributed by atoms with E-state index in [2.05, 4.69) is 43.8 Å². The molecule has 1 fully saturated rings. The third-order valence-corrected chi connectivity index (χ3v) is 4.87. The maximum Gasteiger partial charge on any atom is 0.224 e. The number of ether oxygens (including phenoxy) is 1. The fourth-order valence-corrected chi connectivity index (χ4v) is 3.37. The van der Waals surface area contributed by atoms with Crippen LogP contribution in [0.2, 0.25) is 0 Å². The van der Waals surface area contributed by atoms with Crippen molar-refractivity contribution in [1.29, 1.82) is 0 Å². The van der Waals surface area contributed by atoms with Gasteiger partial charge < -0.3 is 9.64 Å². The van der Waals surface area contributed by atoms with E-state index in [-0.39, 0.29) is 5.82 Å². The van der Waals surface area contributed by atoms with E-state index in [0.717, 1.165) is 32.0 Å². The van der Waals surface area contributed by atoms with E-state index in [1.54, 1.807) is 18.2 Å². The summed E-state index contributed by atoms with van der Waals surface area (Å²) in [5.41, 5.74) is 1.27. The summed E-state index contributed by atoms with van der Waals surface area (Å²) in [5.74, 6) is 1.30. The fourth-order valence-electron chi connectivity index (χ4n) is 3.37. The van der Waals surface area contributed by atoms with E-state index in [0.29, 0.717) is 17.7 Å². The van der Waals surface area contributed by atoms with Crippen LogP contribution in [0.5, 0.6) is 11.6 Å². The Morgan fingerprint density at radius 2 is 1.96 bits per heavy atom. The van der Waals surface area contributed by atoms with E-state index in [1.165, 1.54) is 24.0 Å². The molecule has 3 heterocycles. The topological polar surface area (TPSA) is 54.4 Å². The van der Waals surface area contributed by atoms with Gasteiger partial charge in [-0.25, -0.2) is 14.4 Å². The van der Waals surface area contributed by atoms with E-state index >= 15 is 0 Å². The van der Waals surface area contributed by atoms with Crippen molar-refractivity contribution < 1.29 is 9.13 Å². The molecule has 1 aliphatic heterocycles. The average molecular weight is 379 g/mol. The average Bonchev–Trinajstić information content (AvgIpc) is 2.71. The molecule has 0 amide bonds. The van der Waals surface area contributed by atoms with Crippen molar-refractivity contribution >= 4 is 5.82 Å². The van der Waals surface area contributed by atoms with E-state index < -0.39 is 0 Å². The summed E-state index contributed by atoms with van der Waals surface area (Å²) < 4.78 is 19.0. The lowest BCUT2D eigenvalue weighted by Gasteiger charge is -2.40. The standard InChI is InChI=1S/C21H22FN5O/c1-16-13-27(10-9-26(16)14-17-5-7-23-8-6-17)20-12-21(25-15-24-20)28-19-4-2-3-18(22)11-19/h2-8,11-12,15-16H,9-10,13-14H2,1H3. The number of aromatic nitrogens is 3. The number of hydrogen-bond donors (Lipinski definition) is 0. The zero-order chi connectivity index (χ0) is 19.3. The van der Waals surface area contributed by atoms with Gasteiger partial charge in [-0.15, -0.1) is 0 Å². The first-order valence-corrected chi connectivity index (χ1v) is 9.31. The molecule has 28 heavy (non-hydrogen) atoms. The Labute approximate surface area is 163 Å². The molecule has 4 rings (SSSR count). The first-order valence-electron chi connectivity index (χ1n) is 9.31. The number of rotatable bonds is 5. The van der Waals surface area contributed by atoms with Crippen LogP contribution >= 0.6 is 0 Å². The number of halogens is 1. The molecular weight excluding hydrogens is 357 g/mol. The molecule has 0 aliphatic carbocycles. The Bertz CT molecular complexity index is 923. The molecular formula is C21H22FN5O. The Hall–Kier alpha value is -3.06. The van der Waals surface area contributed by atoms with Crippen LogP contribution in [-0.2, 0) is 6.54 Å². The van der Waals surface area contributed by atoms with Crippen molar-refractivity contribution in [3.8, 4) is 11.6 Å². The monoisotopic (exact) mass is 379 g/mol. The Morgan fingerprint density at radius 3 is 2.75 bits per heavy atom. The molecule has 0 spiro atoms. The highest BCUT2D eigenvalue weighted by atomic mass is 19.1. The third-order valence-electron chi connectivity index (χ3n) is 4.87. The van der Waals surface area contributed by atoms with Crippen molar-refractivity contribution in [3.05, 3.63) is 72.6 Å². The number of hydrogen-bond acceptors (Lipinski definition) is 6. The van der Waals surface area contributed by atoms with Crippen LogP contribution in [0.4, 0.5) is 10.2 Å². The Kier molecular flexibility index (Phi) is 5.43. The smallest absolute Gasteiger partial charge is 0.224 e. The second-order valence-electron chi connectivity index (χ2n) is 6.89. The molecule has 1 atom stereocenters. The molecule has 0 N–H and O–H groups in total. The van der Waals surface area contributed by atoms with Gasteiger partial charge in [0.2, 0.25) is 5.88 Å². The molecule has 7 heteroatoms. The number of benzene rings is 1. The summed E-state index contributed by atoms with van der Waals surface area (Å²) in [6.45, 7) is 5.80. The first kappa shape index (κ1) is 18.3. The van der Waals surface area contributed by atoms with Crippen LogP contribution in [0.3, 0.4) is 0 Å². The molecule has 0 radical (unpaired) electrons. The molecule has 0 saturated carbocycles. The predicted octanol–water partition coefficient (Wildman–Crippen LogP) is 3.51. The predicted molar refractivity (Wildman–Crippen MR) is 105 cm³/mol. The van der Waals surface area contributed by atoms with Crippen LogP contribution in [0.25, 0.3) is 0 Å². The zero-order valence-electron chi connectivity index (χ0n) is 15.7. The van der Waals surface area contributed by atoms with Crippen LogP contribution in [-0.4, -0.2) is 45.5 Å². The fraction of sp³-hybridized carbons (Fsp3) is 0.286. The minimum absolute atomic E-state index is 0.342. The number of piperazine rings is 1. The van der Waals surface area contributed by atoms with Gasteiger partial charge in [-0.3, -0.25) is 9.88 Å². The van der Waals surface area contributed by atoms with Gasteiger partial charge in [-0.2, -0.15) is 0 Å². The number of nitrogens with zero attached hydrogens (tertiary/aromatic N) is 5. The van der Waals surface area contributed by atoms with E-state index in [4.69, 9.17) is 4.74 Å². The molecule has 144 valence electrons. The number of anilines is 1. The van der Waals surface area contributed by atoms with Gasteiger partial charge in [0.1, 0.15) is 23.7 Å². The third kappa shape index (κ3) is 4.43. The summed E-state index contributed by atoms with van der Waals surface area (Å²) in [5, 5.41) is 0. The van der Waals surface area contributed by atoms with Crippen molar-refractivity contribution in [2.24, 2.45) is 0 Å². The summed E-state index contributed by atoms with van der Waals surface area (Å²) in [6.07, 6.45) is 5.15. The van der Waals surface area contributed by atoms with Crippen LogP contribution in [0, 0.1) is 5.82 Å². The van der Waals surface area contributed by atoms with Gasteiger partial charge in [0.15, 0.2) is 0 Å². The van der Waals surface area contributed by atoms with Gasteiger partial charge in [0.05, 0.1) is 0 Å². The van der Waals surface area contributed by atoms with Crippen LogP contribution in [0.15, 0.2) is 61.2 Å². The Balaban J connectivity index is 1.41. The molecule has 1 unspecified atom stereocenters. The van der Waals surface area contributed by atoms with Gasteiger partial charge in [-0.05, 0) is 36.8 Å². The van der Waals surface area contributed by atoms with Gasteiger partial charge in [-0.1, -0.05) is 6.07 Å². The maximum absolute atomic E-state index is 13.3. The lowest BCUT2D eigenvalue weighted by Crippen LogP contribution is -2.51. The molecule has 1 saturated heterocycles. The van der Waals surface area contributed by atoms with Crippen molar-refractivity contribution in [2.45, 2.75) is 19.5 Å². The van der Waals surface area contributed by atoms with E-state index in [9.17, 15) is 4.39 Å². The van der Waals surface area contributed by atoms with Gasteiger partial charge in [0.25, 0.3) is 0 Å². The largest absolute Gasteiger partial charge is 0.439 e. The van der Waals surface area contributed by atoms with Crippen molar-refractivity contribution in [2.75, 3.05) is 24.5 Å². The van der Waals surface area contributed by atoms with Gasteiger partial charge >= 0.3 is 0 Å². The highest BCUT2D eigenvalue weighted by molar-refractivity contribution is 5.42. The normalized spacial score (nSPS) is 17.5. The lowest BCUT2D eigenvalue weighted by atomic mass is 10.1. The van der Waals surface area contributed by atoms with Gasteiger partial charge in [0, 0.05) is 56.7 Å². The minimum atomic E-state index is -0.342. The van der Waals surface area contributed by atoms with Crippen LogP contribution < -0.4 is 9.64 Å². The Morgan fingerprint density at radius 1 is 1.11 bits per heavy atom. The molecule has 3 aromatic rings. The van der Waals surface area contributed by atoms with E-state index in [1.807, 2.05) is 12.4 Å². The summed E-state index contributed by atoms with van der Waals surface area (Å²) in [6, 6.07) is 12.3. The molecule has 1 aromatic carbocycles. The SMILES string of the molecule is CC1CN(c2cc(Oc3cccc(F)c3)ncn2)CCN1Cc1ccncc1. The molecule has 2 aromatic heterocycles. The second-order valence-corrected chi connectivity index (χ2v) is 6.89. The molecule has 1 aliphatic rings. The summed E-state index contributed by atoms with van der Waals surface area (Å²) in [7, 11) is 0.